The summed E-state index contributed by atoms with van der Waals surface area (Å²) in [5, 5.41) is 10.8. The predicted molar refractivity (Wildman–Crippen MR) is 112 cm³/mol. The molecular formula is C21H21N3O5S. The Labute approximate surface area is 178 Å². The second-order valence-corrected chi connectivity index (χ2v) is 7.33. The summed E-state index contributed by atoms with van der Waals surface area (Å²) in [6, 6.07) is 12.3. The van der Waals surface area contributed by atoms with Gasteiger partial charge < -0.3 is 19.2 Å². The van der Waals surface area contributed by atoms with E-state index in [9.17, 15) is 9.59 Å². The maximum atomic E-state index is 12.2. The molecule has 0 bridgehead atoms. The number of nitrogens with one attached hydrogen (secondary N) is 1. The van der Waals surface area contributed by atoms with Crippen LogP contribution in [0.1, 0.15) is 27.4 Å². The zero-order chi connectivity index (χ0) is 21.5. The predicted octanol–water partition coefficient (Wildman–Crippen LogP) is 3.78. The number of amides is 1. The third-order valence-corrected chi connectivity index (χ3v) is 5.00. The summed E-state index contributed by atoms with van der Waals surface area (Å²) in [6.45, 7) is 4.19. The number of benzene rings is 2. The van der Waals surface area contributed by atoms with Crippen molar-refractivity contribution < 1.29 is 23.5 Å². The van der Waals surface area contributed by atoms with Crippen LogP contribution in [0.15, 0.2) is 52.1 Å². The van der Waals surface area contributed by atoms with E-state index in [2.05, 4.69) is 20.3 Å². The topological polar surface area (TPSA) is 104 Å². The van der Waals surface area contributed by atoms with Gasteiger partial charge in [-0.2, -0.15) is 0 Å². The van der Waals surface area contributed by atoms with Crippen molar-refractivity contribution in [3.63, 3.8) is 0 Å². The first-order chi connectivity index (χ1) is 14.4. The molecule has 0 saturated carbocycles. The molecule has 0 aliphatic carbocycles. The summed E-state index contributed by atoms with van der Waals surface area (Å²) in [7, 11) is 1.30. The van der Waals surface area contributed by atoms with E-state index < -0.39 is 5.97 Å². The molecule has 0 radical (unpaired) electrons. The Bertz CT molecular complexity index is 1050. The highest BCUT2D eigenvalue weighted by Gasteiger charge is 2.12. The van der Waals surface area contributed by atoms with E-state index in [-0.39, 0.29) is 23.5 Å². The molecule has 0 spiro atoms. The molecule has 0 aliphatic rings. The average molecular weight is 427 g/mol. The van der Waals surface area contributed by atoms with Gasteiger partial charge in [-0.05, 0) is 55.3 Å². The van der Waals surface area contributed by atoms with Gasteiger partial charge in [-0.15, -0.1) is 10.2 Å². The summed E-state index contributed by atoms with van der Waals surface area (Å²) in [5.74, 6) is 0.373. The lowest BCUT2D eigenvalue weighted by molar-refractivity contribution is -0.113. The van der Waals surface area contributed by atoms with E-state index in [4.69, 9.17) is 9.15 Å². The number of esters is 1. The monoisotopic (exact) mass is 427 g/mol. The lowest BCUT2D eigenvalue weighted by Crippen LogP contribution is -2.14. The van der Waals surface area contributed by atoms with E-state index in [1.54, 1.807) is 24.3 Å². The van der Waals surface area contributed by atoms with Crippen LogP contribution in [0, 0.1) is 13.8 Å². The van der Waals surface area contributed by atoms with Gasteiger partial charge in [-0.1, -0.05) is 23.9 Å². The molecule has 0 unspecified atom stereocenters. The van der Waals surface area contributed by atoms with E-state index in [0.717, 1.165) is 23.1 Å². The molecule has 2 aromatic carbocycles. The number of carbonyl (C=O) groups excluding carboxylic acids is 2. The lowest BCUT2D eigenvalue weighted by Gasteiger charge is -2.06. The molecular weight excluding hydrogens is 406 g/mol. The number of hydrogen-bond acceptors (Lipinski definition) is 8. The van der Waals surface area contributed by atoms with Crippen LogP contribution in [0.25, 0.3) is 0 Å². The number of aromatic nitrogens is 2. The molecule has 1 amide bonds. The number of carbonyl (C=O) groups is 2. The van der Waals surface area contributed by atoms with E-state index in [1.807, 2.05) is 32.0 Å². The van der Waals surface area contributed by atoms with Gasteiger partial charge in [-0.25, -0.2) is 4.79 Å². The van der Waals surface area contributed by atoms with Gasteiger partial charge in [0.05, 0.1) is 18.4 Å². The minimum atomic E-state index is -0.470. The Hall–Kier alpha value is -3.33. The summed E-state index contributed by atoms with van der Waals surface area (Å²) in [4.78, 5) is 23.7. The van der Waals surface area contributed by atoms with E-state index in [0.29, 0.717) is 17.1 Å². The van der Waals surface area contributed by atoms with Gasteiger partial charge in [0.1, 0.15) is 5.75 Å². The van der Waals surface area contributed by atoms with Gasteiger partial charge in [0.25, 0.3) is 11.1 Å². The van der Waals surface area contributed by atoms with Crippen LogP contribution in [0.5, 0.6) is 5.75 Å². The third-order valence-electron chi connectivity index (χ3n) is 4.18. The van der Waals surface area contributed by atoms with Gasteiger partial charge in [0.15, 0.2) is 6.61 Å². The standard InChI is InChI=1S/C21H21N3O5S/c1-13-7-8-17(9-14(13)2)28-11-19-23-24-21(29-19)30-12-18(25)22-16-6-4-5-15(10-16)20(26)27-3/h4-10H,11-12H2,1-3H3,(H,22,25). The van der Waals surface area contributed by atoms with Crippen LogP contribution in [-0.4, -0.2) is 34.9 Å². The Morgan fingerprint density at radius 3 is 2.70 bits per heavy atom. The highest BCUT2D eigenvalue weighted by Crippen LogP contribution is 2.20. The van der Waals surface area contributed by atoms with Crippen LogP contribution in [0.4, 0.5) is 5.69 Å². The second kappa shape index (κ2) is 9.93. The molecule has 0 atom stereocenters. The highest BCUT2D eigenvalue weighted by molar-refractivity contribution is 7.99. The van der Waals surface area contributed by atoms with Crippen LogP contribution in [0.2, 0.25) is 0 Å². The van der Waals surface area contributed by atoms with Crippen LogP contribution in [-0.2, 0) is 16.1 Å². The van der Waals surface area contributed by atoms with Gasteiger partial charge in [0.2, 0.25) is 5.91 Å². The van der Waals surface area contributed by atoms with Crippen molar-refractivity contribution in [2.75, 3.05) is 18.2 Å². The van der Waals surface area contributed by atoms with Crippen molar-refractivity contribution in [2.24, 2.45) is 0 Å². The van der Waals surface area contributed by atoms with Crippen molar-refractivity contribution >= 4 is 29.3 Å². The first kappa shape index (κ1) is 21.4. The molecule has 1 N–H and O–H groups in total. The zero-order valence-electron chi connectivity index (χ0n) is 16.8. The largest absolute Gasteiger partial charge is 0.484 e. The molecule has 1 heterocycles. The molecule has 1 aromatic heterocycles. The molecule has 0 saturated heterocycles. The van der Waals surface area contributed by atoms with Gasteiger partial charge in [-0.3, -0.25) is 4.79 Å². The SMILES string of the molecule is COC(=O)c1cccc(NC(=O)CSc2nnc(COc3ccc(C)c(C)c3)o2)c1. The highest BCUT2D eigenvalue weighted by atomic mass is 32.2. The molecule has 0 aliphatic heterocycles. The lowest BCUT2D eigenvalue weighted by atomic mass is 10.1. The number of methoxy groups -OCH3 is 1. The molecule has 8 nitrogen and oxygen atoms in total. The van der Waals surface area contributed by atoms with Crippen molar-refractivity contribution in [2.45, 2.75) is 25.7 Å². The quantitative estimate of drug-likeness (QED) is 0.428. The number of aryl methyl sites for hydroxylation is 2. The number of thioether (sulfide) groups is 1. The first-order valence-corrected chi connectivity index (χ1v) is 10.1. The van der Waals surface area contributed by atoms with Crippen LogP contribution >= 0.6 is 11.8 Å². The summed E-state index contributed by atoms with van der Waals surface area (Å²) >= 11 is 1.11. The summed E-state index contributed by atoms with van der Waals surface area (Å²) in [6.07, 6.45) is 0. The van der Waals surface area contributed by atoms with Gasteiger partial charge in [0, 0.05) is 5.69 Å². The minimum Gasteiger partial charge on any atom is -0.484 e. The number of hydrogen-bond donors (Lipinski definition) is 1. The van der Waals surface area contributed by atoms with E-state index in [1.165, 1.54) is 12.7 Å². The third kappa shape index (κ3) is 5.84. The fourth-order valence-electron chi connectivity index (χ4n) is 2.47. The molecule has 3 rings (SSSR count). The Morgan fingerprint density at radius 2 is 1.93 bits per heavy atom. The van der Waals surface area contributed by atoms with E-state index >= 15 is 0 Å². The van der Waals surface area contributed by atoms with Crippen LogP contribution < -0.4 is 10.1 Å². The number of anilines is 1. The second-order valence-electron chi connectivity index (χ2n) is 6.41. The molecule has 0 fully saturated rings. The van der Waals surface area contributed by atoms with Gasteiger partial charge >= 0.3 is 5.97 Å². The number of nitrogens with zero attached hydrogens (tertiary/aromatic N) is 2. The normalized spacial score (nSPS) is 10.5. The van der Waals surface area contributed by atoms with Crippen molar-refractivity contribution in [3.8, 4) is 5.75 Å². The number of rotatable bonds is 8. The van der Waals surface area contributed by atoms with Crippen molar-refractivity contribution in [1.82, 2.24) is 10.2 Å². The Kier molecular flexibility index (Phi) is 7.08. The Morgan fingerprint density at radius 1 is 1.10 bits per heavy atom. The molecule has 156 valence electrons. The summed E-state index contributed by atoms with van der Waals surface area (Å²) < 4.78 is 15.8. The zero-order valence-corrected chi connectivity index (χ0v) is 17.6. The fourth-order valence-corrected chi connectivity index (χ4v) is 3.05. The molecule has 3 aromatic rings. The molecule has 9 heteroatoms. The maximum Gasteiger partial charge on any atom is 0.337 e. The summed E-state index contributed by atoms with van der Waals surface area (Å²) in [5.41, 5.74) is 3.18. The average Bonchev–Trinajstić information content (AvgIpc) is 3.20. The smallest absolute Gasteiger partial charge is 0.337 e. The fraction of sp³-hybridized carbons (Fsp3) is 0.238. The maximum absolute atomic E-state index is 12.2. The first-order valence-electron chi connectivity index (χ1n) is 9.08. The number of ether oxygens (including phenoxy) is 2. The van der Waals surface area contributed by atoms with Crippen molar-refractivity contribution in [3.05, 3.63) is 65.0 Å². The van der Waals surface area contributed by atoms with Crippen LogP contribution in [0.3, 0.4) is 0 Å². The van der Waals surface area contributed by atoms with Crippen molar-refractivity contribution in [1.29, 1.82) is 0 Å². The minimum absolute atomic E-state index is 0.0715. The molecule has 30 heavy (non-hydrogen) atoms. The Balaban J connectivity index is 1.48.